The van der Waals surface area contributed by atoms with Gasteiger partial charge in [0.1, 0.15) is 22.6 Å². The van der Waals surface area contributed by atoms with Crippen molar-refractivity contribution >= 4 is 41.0 Å². The Morgan fingerprint density at radius 2 is 1.69 bits per heavy atom. The van der Waals surface area contributed by atoms with Gasteiger partial charge < -0.3 is 25.4 Å². The van der Waals surface area contributed by atoms with Crippen molar-refractivity contribution in [2.75, 3.05) is 20.1 Å². The topological polar surface area (TPSA) is 184 Å². The van der Waals surface area contributed by atoms with Crippen LogP contribution < -0.4 is 10.6 Å². The molecule has 3 N–H and O–H groups in total. The number of fused-ring (bicyclic) bond motifs is 3. The number of nitrogens with zero attached hydrogens (tertiary/aromatic N) is 5. The van der Waals surface area contributed by atoms with Gasteiger partial charge in [-0.15, -0.1) is 11.3 Å². The molecular weight excluding hydrogens is 744 g/mol. The summed E-state index contributed by atoms with van der Waals surface area (Å²) in [6, 6.07) is -2.23. The molecule has 1 saturated carbocycles. The summed E-state index contributed by atoms with van der Waals surface area (Å²) < 4.78 is 44.8. The summed E-state index contributed by atoms with van der Waals surface area (Å²) in [5.74, 6) is -3.20. The van der Waals surface area contributed by atoms with Crippen molar-refractivity contribution < 1.29 is 47.0 Å². The third-order valence-corrected chi connectivity index (χ3v) is 11.8. The second-order valence-electron chi connectivity index (χ2n) is 15.5. The highest BCUT2D eigenvalue weighted by Gasteiger charge is 2.44. The predicted octanol–water partition coefficient (Wildman–Crippen LogP) is 4.26. The summed E-state index contributed by atoms with van der Waals surface area (Å²) >= 11 is 1.07. The minimum absolute atomic E-state index is 0.0228. The van der Waals surface area contributed by atoms with Crippen LogP contribution >= 0.6 is 11.3 Å². The fraction of sp³-hybridized carbons (Fsp3) is 0.676. The number of alkyl halides is 3. The molecule has 1 aliphatic carbocycles. The summed E-state index contributed by atoms with van der Waals surface area (Å²) in [6.45, 7) is 8.34. The Balaban J connectivity index is 1.28. The van der Waals surface area contributed by atoms with Gasteiger partial charge >= 0.3 is 18.1 Å². The number of aliphatic carboxylic acids is 1. The molecule has 0 aromatic carbocycles. The molecule has 3 amide bonds. The van der Waals surface area contributed by atoms with E-state index in [2.05, 4.69) is 30.5 Å². The number of hydrogen-bond donors (Lipinski definition) is 3. The number of halogens is 3. The van der Waals surface area contributed by atoms with Gasteiger partial charge in [0, 0.05) is 56.7 Å². The van der Waals surface area contributed by atoms with E-state index >= 15 is 0 Å². The van der Waals surface area contributed by atoms with E-state index < -0.39 is 59.7 Å². The molecule has 302 valence electrons. The Kier molecular flexibility index (Phi) is 13.5. The number of hydrogen-bond acceptors (Lipinski definition) is 11. The second-order valence-corrected chi connectivity index (χ2v) is 16.3. The monoisotopic (exact) mass is 793 g/mol. The lowest BCUT2D eigenvalue weighted by Gasteiger charge is -2.45. The van der Waals surface area contributed by atoms with Crippen molar-refractivity contribution in [2.24, 2.45) is 23.7 Å². The zero-order valence-electron chi connectivity index (χ0n) is 31.7. The number of amides is 3. The minimum atomic E-state index is -4.64. The largest absolute Gasteiger partial charge is 0.481 e. The van der Waals surface area contributed by atoms with Gasteiger partial charge in [0.05, 0.1) is 17.5 Å². The van der Waals surface area contributed by atoms with Gasteiger partial charge in [0.15, 0.2) is 6.10 Å². The van der Waals surface area contributed by atoms with Crippen LogP contribution in [0.25, 0.3) is 0 Å². The molecule has 0 unspecified atom stereocenters. The number of carboxylic acids is 1. The number of thiazole rings is 1. The number of esters is 1. The van der Waals surface area contributed by atoms with E-state index in [9.17, 15) is 42.3 Å². The van der Waals surface area contributed by atoms with Gasteiger partial charge in [-0.25, -0.2) is 15.0 Å². The van der Waals surface area contributed by atoms with Crippen LogP contribution in [-0.4, -0.2) is 104 Å². The van der Waals surface area contributed by atoms with Crippen LogP contribution in [0.1, 0.15) is 106 Å². The molecular formula is C37H50F3N7O7S. The van der Waals surface area contributed by atoms with Crippen molar-refractivity contribution in [3.63, 3.8) is 0 Å². The summed E-state index contributed by atoms with van der Waals surface area (Å²) in [7, 11) is 1.69. The van der Waals surface area contributed by atoms with E-state index in [4.69, 9.17) is 4.74 Å². The second kappa shape index (κ2) is 17.7. The number of carbonyl (C=O) groups excluding carboxylic acids is 4. The molecule has 0 spiro atoms. The molecule has 4 fully saturated rings. The van der Waals surface area contributed by atoms with Crippen LogP contribution in [0.3, 0.4) is 0 Å². The van der Waals surface area contributed by atoms with Gasteiger partial charge in [0.2, 0.25) is 11.8 Å². The summed E-state index contributed by atoms with van der Waals surface area (Å²) in [6.07, 6.45) is 0.268. The first-order valence-electron chi connectivity index (χ1n) is 18.8. The number of carboxylic acid groups (broad SMARTS) is 1. The van der Waals surface area contributed by atoms with E-state index in [1.165, 1.54) is 19.2 Å². The number of carbonyl (C=O) groups is 5. The van der Waals surface area contributed by atoms with E-state index in [1.807, 2.05) is 13.8 Å². The van der Waals surface area contributed by atoms with Crippen LogP contribution in [0.4, 0.5) is 13.2 Å². The summed E-state index contributed by atoms with van der Waals surface area (Å²) in [5, 5.41) is 17.1. The Bertz CT molecular complexity index is 1700. The van der Waals surface area contributed by atoms with Crippen LogP contribution in [0.5, 0.6) is 0 Å². The molecule has 6 rings (SSSR count). The third-order valence-electron chi connectivity index (χ3n) is 10.9. The lowest BCUT2D eigenvalue weighted by atomic mass is 9.83. The maximum absolute atomic E-state index is 14.1. The summed E-state index contributed by atoms with van der Waals surface area (Å²) in [4.78, 5) is 80.9. The molecule has 0 radical (unpaired) electrons. The molecule has 2 aromatic rings. The zero-order chi connectivity index (χ0) is 40.2. The molecule has 5 heterocycles. The van der Waals surface area contributed by atoms with Gasteiger partial charge in [0.25, 0.3) is 5.91 Å². The Labute approximate surface area is 322 Å². The first kappa shape index (κ1) is 42.0. The predicted molar refractivity (Wildman–Crippen MR) is 193 cm³/mol. The molecule has 6 atom stereocenters. The van der Waals surface area contributed by atoms with Crippen molar-refractivity contribution in [1.29, 1.82) is 0 Å². The normalized spacial score (nSPS) is 22.2. The van der Waals surface area contributed by atoms with Crippen molar-refractivity contribution in [3.05, 3.63) is 39.9 Å². The third kappa shape index (κ3) is 11.0. The van der Waals surface area contributed by atoms with Gasteiger partial charge in [-0.2, -0.15) is 13.2 Å². The number of rotatable bonds is 17. The average molecular weight is 794 g/mol. The number of aromatic nitrogens is 3. The first-order valence-corrected chi connectivity index (χ1v) is 19.6. The van der Waals surface area contributed by atoms with Crippen molar-refractivity contribution in [1.82, 2.24) is 35.4 Å². The van der Waals surface area contributed by atoms with Crippen molar-refractivity contribution in [2.45, 2.75) is 116 Å². The lowest BCUT2D eigenvalue weighted by Crippen LogP contribution is -2.59. The SMILES string of the molecule is CC(=O)O[C@H](C[C@H](C(C)C)N(C)C(=O)[C@@H](NC(=O)[C@H]1CC2CCN1CC2)C1CC1)c1nc(C(=O)N[C@@H](Cc2ncc(C(F)(F)F)cn2)C[C@H](C)C(=O)O)cs1. The fourth-order valence-electron chi connectivity index (χ4n) is 7.52. The Morgan fingerprint density at radius 3 is 2.22 bits per heavy atom. The fourth-order valence-corrected chi connectivity index (χ4v) is 8.36. The average Bonchev–Trinajstić information content (AvgIpc) is 3.85. The molecule has 4 aliphatic rings. The molecule has 18 heteroatoms. The van der Waals surface area contributed by atoms with Gasteiger partial charge in [-0.1, -0.05) is 20.8 Å². The number of piperidine rings is 3. The maximum atomic E-state index is 14.1. The zero-order valence-corrected chi connectivity index (χ0v) is 32.5. The highest BCUT2D eigenvalue weighted by molar-refractivity contribution is 7.09. The smallest absolute Gasteiger partial charge is 0.419 e. The highest BCUT2D eigenvalue weighted by Crippen LogP contribution is 2.37. The first-order chi connectivity index (χ1) is 25.9. The highest BCUT2D eigenvalue weighted by atomic mass is 32.1. The summed E-state index contributed by atoms with van der Waals surface area (Å²) in [5.41, 5.74) is -1.09. The van der Waals surface area contributed by atoms with Crippen LogP contribution in [0, 0.1) is 23.7 Å². The van der Waals surface area contributed by atoms with E-state index in [-0.39, 0.29) is 60.5 Å². The minimum Gasteiger partial charge on any atom is -0.481 e. The van der Waals surface area contributed by atoms with E-state index in [0.29, 0.717) is 23.3 Å². The van der Waals surface area contributed by atoms with E-state index in [1.54, 1.807) is 11.9 Å². The molecule has 3 aliphatic heterocycles. The number of likely N-dealkylation sites (N-methyl/N-ethyl adjacent to an activating group) is 1. The van der Waals surface area contributed by atoms with Crippen molar-refractivity contribution in [3.8, 4) is 0 Å². The number of ether oxygens (including phenoxy) is 1. The quantitative estimate of drug-likeness (QED) is 0.195. The Morgan fingerprint density at radius 1 is 1.04 bits per heavy atom. The van der Waals surface area contributed by atoms with Crippen LogP contribution in [-0.2, 0) is 36.5 Å². The van der Waals surface area contributed by atoms with Crippen LogP contribution in [0.15, 0.2) is 17.8 Å². The molecule has 2 bridgehead atoms. The van der Waals surface area contributed by atoms with Gasteiger partial charge in [-0.05, 0) is 69.4 Å². The lowest BCUT2D eigenvalue weighted by molar-refractivity contribution is -0.149. The molecule has 14 nitrogen and oxygen atoms in total. The standard InChI is InChI=1S/C37H50F3N7O7S/c1-19(2)27(46(5)35(51)31(23-6-7-23)45-33(50)28-13-22-8-10-47(28)11-9-22)15-29(54-21(4)48)34-44-26(18-55-34)32(49)43-25(12-20(3)36(52)53)14-30-41-16-24(17-42-30)37(38,39)40/h16-20,22-23,25,27-29,31H,6-15H2,1-5H3,(H,43,49)(H,45,50)(H,52,53)/t20-,25+,27+,28+,29+,31-/m0/s1. The maximum Gasteiger partial charge on any atom is 0.419 e. The molecule has 3 saturated heterocycles. The number of nitrogens with one attached hydrogen (secondary N) is 2. The van der Waals surface area contributed by atoms with Gasteiger partial charge in [-0.3, -0.25) is 28.9 Å². The van der Waals surface area contributed by atoms with E-state index in [0.717, 1.165) is 56.5 Å². The molecule has 2 aromatic heterocycles. The Hall–Kier alpha value is -4.19. The van der Waals surface area contributed by atoms with Crippen LogP contribution in [0.2, 0.25) is 0 Å². The molecule has 55 heavy (non-hydrogen) atoms.